The first-order chi connectivity index (χ1) is 10.3. The van der Waals surface area contributed by atoms with Crippen molar-refractivity contribution in [1.82, 2.24) is 0 Å². The summed E-state index contributed by atoms with van der Waals surface area (Å²) in [6.07, 6.45) is 2.79. The number of hydrogen-bond acceptors (Lipinski definition) is 3. The molecule has 0 aliphatic heterocycles. The van der Waals surface area contributed by atoms with Gasteiger partial charge in [0.05, 0.1) is 6.61 Å². The summed E-state index contributed by atoms with van der Waals surface area (Å²) in [6, 6.07) is 10.3. The largest absolute Gasteiger partial charge is 0.488 e. The van der Waals surface area contributed by atoms with Gasteiger partial charge in [-0.3, -0.25) is 0 Å². The van der Waals surface area contributed by atoms with Crippen molar-refractivity contribution in [2.75, 3.05) is 6.61 Å². The number of aliphatic hydroxyl groups is 1. The van der Waals surface area contributed by atoms with Crippen molar-refractivity contribution in [3.8, 4) is 17.6 Å². The van der Waals surface area contributed by atoms with Gasteiger partial charge in [-0.25, -0.2) is 0 Å². The van der Waals surface area contributed by atoms with Gasteiger partial charge in [-0.05, 0) is 30.2 Å². The molecule has 1 heterocycles. The van der Waals surface area contributed by atoms with Crippen LogP contribution in [0.3, 0.4) is 0 Å². The van der Waals surface area contributed by atoms with Crippen molar-refractivity contribution in [1.29, 1.82) is 0 Å². The van der Waals surface area contributed by atoms with Gasteiger partial charge in [0.2, 0.25) is 0 Å². The minimum atomic E-state index is 0.112. The monoisotopic (exact) mass is 300 g/mol. The maximum atomic E-state index is 8.69. The Balaban J connectivity index is 1.87. The number of rotatable bonds is 6. The fourth-order valence-electron chi connectivity index (χ4n) is 1.94. The van der Waals surface area contributed by atoms with Crippen LogP contribution in [0.2, 0.25) is 0 Å². The number of aliphatic hydroxyl groups excluding tert-OH is 1. The Bertz CT molecular complexity index is 602. The highest BCUT2D eigenvalue weighted by atomic mass is 32.1. The second-order valence-electron chi connectivity index (χ2n) is 4.76. The lowest BCUT2D eigenvalue weighted by molar-refractivity contribution is 0.305. The van der Waals surface area contributed by atoms with Crippen LogP contribution in [-0.2, 0) is 13.0 Å². The highest BCUT2D eigenvalue weighted by molar-refractivity contribution is 7.10. The quantitative estimate of drug-likeness (QED) is 0.817. The smallest absolute Gasteiger partial charge is 0.122 e. The summed E-state index contributed by atoms with van der Waals surface area (Å²) in [6.45, 7) is 2.86. The summed E-state index contributed by atoms with van der Waals surface area (Å²) < 4.78 is 5.79. The minimum absolute atomic E-state index is 0.112. The number of ether oxygens (including phenoxy) is 1. The van der Waals surface area contributed by atoms with E-state index in [2.05, 4.69) is 30.9 Å². The number of thiophene rings is 1. The molecule has 2 nitrogen and oxygen atoms in total. The Kier molecular flexibility index (Phi) is 6.33. The van der Waals surface area contributed by atoms with Gasteiger partial charge in [-0.2, -0.15) is 0 Å². The summed E-state index contributed by atoms with van der Waals surface area (Å²) in [5.41, 5.74) is 2.34. The molecular weight excluding hydrogens is 280 g/mol. The summed E-state index contributed by atoms with van der Waals surface area (Å²) >= 11 is 1.65. The first-order valence-corrected chi connectivity index (χ1v) is 8.08. The molecule has 0 saturated heterocycles. The molecule has 110 valence electrons. The van der Waals surface area contributed by atoms with Crippen LogP contribution in [0.5, 0.6) is 5.75 Å². The van der Waals surface area contributed by atoms with E-state index >= 15 is 0 Å². The van der Waals surface area contributed by atoms with Crippen LogP contribution in [-0.4, -0.2) is 11.7 Å². The fourth-order valence-corrected chi connectivity index (χ4v) is 2.67. The van der Waals surface area contributed by atoms with Crippen molar-refractivity contribution in [3.05, 3.63) is 51.7 Å². The molecule has 2 aromatic rings. The molecule has 21 heavy (non-hydrogen) atoms. The molecule has 2 rings (SSSR count). The third-order valence-corrected chi connectivity index (χ3v) is 3.88. The van der Waals surface area contributed by atoms with E-state index in [0.717, 1.165) is 29.0 Å². The summed E-state index contributed by atoms with van der Waals surface area (Å²) in [7, 11) is 0. The molecule has 0 amide bonds. The van der Waals surface area contributed by atoms with Crippen LogP contribution in [0.1, 0.15) is 35.8 Å². The standard InChI is InChI=1S/C18H20O2S/c1-2-5-15-7-9-17(10-8-15)20-13-18-12-16(14-21-18)6-3-4-11-19/h7-10,12,14,19H,2,4-5,11,13H2,1H3. The van der Waals surface area contributed by atoms with Gasteiger partial charge in [0.15, 0.2) is 0 Å². The zero-order valence-electron chi connectivity index (χ0n) is 12.3. The van der Waals surface area contributed by atoms with Crippen molar-refractivity contribution in [3.63, 3.8) is 0 Å². The topological polar surface area (TPSA) is 29.5 Å². The highest BCUT2D eigenvalue weighted by Gasteiger charge is 2.00. The first kappa shape index (κ1) is 15.6. The molecular formula is C18H20O2S. The molecule has 0 bridgehead atoms. The molecule has 0 atom stereocenters. The van der Waals surface area contributed by atoms with Gasteiger partial charge in [-0.1, -0.05) is 37.3 Å². The number of aryl methyl sites for hydroxylation is 1. The Morgan fingerprint density at radius 1 is 1.24 bits per heavy atom. The molecule has 0 aliphatic rings. The predicted octanol–water partition coefficient (Wildman–Crippen LogP) is 4.01. The molecule has 0 radical (unpaired) electrons. The predicted molar refractivity (Wildman–Crippen MR) is 87.7 cm³/mol. The molecule has 0 saturated carbocycles. The van der Waals surface area contributed by atoms with E-state index in [-0.39, 0.29) is 6.61 Å². The van der Waals surface area contributed by atoms with Crippen molar-refractivity contribution >= 4 is 11.3 Å². The summed E-state index contributed by atoms with van der Waals surface area (Å²) in [5.74, 6) is 6.85. The van der Waals surface area contributed by atoms with E-state index in [9.17, 15) is 0 Å². The third-order valence-electron chi connectivity index (χ3n) is 2.97. The molecule has 0 spiro atoms. The van der Waals surface area contributed by atoms with E-state index in [1.807, 2.05) is 23.6 Å². The number of benzene rings is 1. The fraction of sp³-hybridized carbons (Fsp3) is 0.333. The first-order valence-electron chi connectivity index (χ1n) is 7.20. The van der Waals surface area contributed by atoms with Gasteiger partial charge in [-0.15, -0.1) is 11.3 Å². The summed E-state index contributed by atoms with van der Waals surface area (Å²) in [4.78, 5) is 1.15. The van der Waals surface area contributed by atoms with E-state index in [4.69, 9.17) is 9.84 Å². The van der Waals surface area contributed by atoms with Gasteiger partial charge in [0.1, 0.15) is 12.4 Å². The van der Waals surface area contributed by atoms with Crippen LogP contribution < -0.4 is 4.74 Å². The molecule has 3 heteroatoms. The zero-order chi connectivity index (χ0) is 14.9. The Hall–Kier alpha value is -1.76. The van der Waals surface area contributed by atoms with Crippen LogP contribution >= 0.6 is 11.3 Å². The van der Waals surface area contributed by atoms with E-state index in [1.54, 1.807) is 11.3 Å². The van der Waals surface area contributed by atoms with E-state index < -0.39 is 0 Å². The van der Waals surface area contributed by atoms with Gasteiger partial charge >= 0.3 is 0 Å². The average Bonchev–Trinajstić information content (AvgIpc) is 2.95. The van der Waals surface area contributed by atoms with Crippen molar-refractivity contribution in [2.45, 2.75) is 32.8 Å². The molecule has 0 unspecified atom stereocenters. The third kappa shape index (κ3) is 5.26. The molecule has 1 aromatic carbocycles. The second kappa shape index (κ2) is 8.51. The highest BCUT2D eigenvalue weighted by Crippen LogP contribution is 2.18. The van der Waals surface area contributed by atoms with Gasteiger partial charge in [0.25, 0.3) is 0 Å². The second-order valence-corrected chi connectivity index (χ2v) is 5.76. The van der Waals surface area contributed by atoms with Crippen LogP contribution in [0.15, 0.2) is 35.7 Å². The van der Waals surface area contributed by atoms with Gasteiger partial charge in [0, 0.05) is 22.2 Å². The lowest BCUT2D eigenvalue weighted by atomic mass is 10.1. The summed E-state index contributed by atoms with van der Waals surface area (Å²) in [5, 5.41) is 10.7. The normalized spacial score (nSPS) is 10.0. The van der Waals surface area contributed by atoms with E-state index in [1.165, 1.54) is 5.56 Å². The van der Waals surface area contributed by atoms with Crippen LogP contribution in [0.4, 0.5) is 0 Å². The molecule has 0 aliphatic carbocycles. The van der Waals surface area contributed by atoms with Crippen molar-refractivity contribution in [2.24, 2.45) is 0 Å². The molecule has 0 fully saturated rings. The maximum absolute atomic E-state index is 8.69. The lowest BCUT2D eigenvalue weighted by Gasteiger charge is -2.05. The maximum Gasteiger partial charge on any atom is 0.122 e. The van der Waals surface area contributed by atoms with Gasteiger partial charge < -0.3 is 9.84 Å². The average molecular weight is 300 g/mol. The lowest BCUT2D eigenvalue weighted by Crippen LogP contribution is -1.93. The van der Waals surface area contributed by atoms with Crippen molar-refractivity contribution < 1.29 is 9.84 Å². The van der Waals surface area contributed by atoms with Crippen LogP contribution in [0, 0.1) is 11.8 Å². The Morgan fingerprint density at radius 2 is 2.05 bits per heavy atom. The Labute approximate surface area is 130 Å². The van der Waals surface area contributed by atoms with E-state index in [0.29, 0.717) is 13.0 Å². The molecule has 1 aromatic heterocycles. The van der Waals surface area contributed by atoms with Crippen LogP contribution in [0.25, 0.3) is 0 Å². The Morgan fingerprint density at radius 3 is 2.76 bits per heavy atom. The minimum Gasteiger partial charge on any atom is -0.488 e. The number of hydrogen-bond donors (Lipinski definition) is 1. The SMILES string of the molecule is CCCc1ccc(OCc2cc(C#CCCO)cs2)cc1. The zero-order valence-corrected chi connectivity index (χ0v) is 13.1. The molecule has 1 N–H and O–H groups in total.